The average molecular weight is 416 g/mol. The number of benzene rings is 1. The third-order valence-corrected chi connectivity index (χ3v) is 5.55. The van der Waals surface area contributed by atoms with Crippen LogP contribution in [0.4, 0.5) is 4.79 Å². The van der Waals surface area contributed by atoms with Crippen LogP contribution in [-0.2, 0) is 20.7 Å². The lowest BCUT2D eigenvalue weighted by molar-refractivity contribution is -0.131. The quantitative estimate of drug-likeness (QED) is 0.398. The van der Waals surface area contributed by atoms with Gasteiger partial charge in [0.15, 0.2) is 5.78 Å². The number of allylic oxidation sites excluding steroid dienone is 1. The fourth-order valence-electron chi connectivity index (χ4n) is 3.64. The van der Waals surface area contributed by atoms with Crippen LogP contribution in [0.1, 0.15) is 38.2 Å². The molecule has 1 fully saturated rings. The van der Waals surface area contributed by atoms with Crippen molar-refractivity contribution in [3.63, 3.8) is 0 Å². The molecule has 2 amide bonds. The minimum absolute atomic E-state index is 0.152. The summed E-state index contributed by atoms with van der Waals surface area (Å²) in [6.45, 7) is 2.04. The number of hydrogen-bond acceptors (Lipinski definition) is 5. The van der Waals surface area contributed by atoms with Crippen molar-refractivity contribution in [2.45, 2.75) is 56.7 Å². The standard InChI is InChI=1S/C22H28N2O6/c1-22(13-30-22)19(25)17(11-14-5-3-4-6-14)23-20(26)18(24-21(27)28)12-15-7-9-16(29-2)10-8-15/h5,7-10,17-18,24H,3-4,6,11-13H2,1-2H3,(H,23,26)(H,27,28)/t17-,18-,22+/m0/s1. The van der Waals surface area contributed by atoms with E-state index < -0.39 is 29.7 Å². The maximum absolute atomic E-state index is 13.0. The molecule has 0 aromatic heterocycles. The van der Waals surface area contributed by atoms with Gasteiger partial charge < -0.3 is 25.2 Å². The molecule has 3 atom stereocenters. The van der Waals surface area contributed by atoms with Gasteiger partial charge in [-0.25, -0.2) is 4.79 Å². The summed E-state index contributed by atoms with van der Waals surface area (Å²) in [7, 11) is 1.55. The lowest BCUT2D eigenvalue weighted by atomic mass is 9.94. The number of methoxy groups -OCH3 is 1. The van der Waals surface area contributed by atoms with E-state index in [4.69, 9.17) is 9.47 Å². The van der Waals surface area contributed by atoms with Gasteiger partial charge in [0, 0.05) is 6.42 Å². The molecule has 0 unspecified atom stereocenters. The molecule has 3 N–H and O–H groups in total. The van der Waals surface area contributed by atoms with E-state index in [0.717, 1.165) is 30.4 Å². The number of rotatable bonds is 10. The van der Waals surface area contributed by atoms with Crippen molar-refractivity contribution in [3.05, 3.63) is 41.5 Å². The zero-order valence-electron chi connectivity index (χ0n) is 17.3. The van der Waals surface area contributed by atoms with E-state index in [1.54, 1.807) is 38.3 Å². The van der Waals surface area contributed by atoms with E-state index in [1.165, 1.54) is 0 Å². The van der Waals surface area contributed by atoms with Crippen LogP contribution in [0, 0.1) is 0 Å². The molecular weight excluding hydrogens is 388 g/mol. The van der Waals surface area contributed by atoms with Gasteiger partial charge in [0.2, 0.25) is 5.91 Å². The first kappa shape index (κ1) is 21.8. The second-order valence-corrected chi connectivity index (χ2v) is 7.96. The van der Waals surface area contributed by atoms with Gasteiger partial charge in [0.25, 0.3) is 0 Å². The molecule has 0 spiro atoms. The smallest absolute Gasteiger partial charge is 0.405 e. The van der Waals surface area contributed by atoms with Gasteiger partial charge in [-0.3, -0.25) is 9.59 Å². The SMILES string of the molecule is COc1ccc(C[C@H](NC(=O)O)C(=O)N[C@@H](CC2=CCCC2)C(=O)[C@@]2(C)CO2)cc1. The minimum atomic E-state index is -1.30. The number of ketones is 1. The van der Waals surface area contributed by atoms with Crippen LogP contribution in [-0.4, -0.2) is 54.3 Å². The van der Waals surface area contributed by atoms with E-state index in [-0.39, 0.29) is 12.2 Å². The van der Waals surface area contributed by atoms with E-state index >= 15 is 0 Å². The number of nitrogens with one attached hydrogen (secondary N) is 2. The highest BCUT2D eigenvalue weighted by Gasteiger charge is 2.50. The number of carboxylic acid groups (broad SMARTS) is 1. The largest absolute Gasteiger partial charge is 0.497 e. The highest BCUT2D eigenvalue weighted by molar-refractivity contribution is 5.97. The van der Waals surface area contributed by atoms with Gasteiger partial charge in [-0.05, 0) is 50.3 Å². The van der Waals surface area contributed by atoms with Gasteiger partial charge in [-0.2, -0.15) is 0 Å². The molecule has 0 bridgehead atoms. The molecule has 1 aromatic rings. The van der Waals surface area contributed by atoms with Gasteiger partial charge in [-0.15, -0.1) is 0 Å². The molecule has 8 nitrogen and oxygen atoms in total. The van der Waals surface area contributed by atoms with Crippen molar-refractivity contribution in [2.24, 2.45) is 0 Å². The summed E-state index contributed by atoms with van der Waals surface area (Å²) < 4.78 is 10.4. The van der Waals surface area contributed by atoms with Crippen molar-refractivity contribution in [1.82, 2.24) is 10.6 Å². The summed E-state index contributed by atoms with van der Waals surface area (Å²) in [4.78, 5) is 37.1. The van der Waals surface area contributed by atoms with Gasteiger partial charge in [-0.1, -0.05) is 23.8 Å². The van der Waals surface area contributed by atoms with Crippen molar-refractivity contribution < 1.29 is 29.0 Å². The fraction of sp³-hybridized carbons (Fsp3) is 0.500. The average Bonchev–Trinajstić information content (AvgIpc) is 3.26. The summed E-state index contributed by atoms with van der Waals surface area (Å²) in [5.41, 5.74) is 1.03. The van der Waals surface area contributed by atoms with Crippen LogP contribution in [0.2, 0.25) is 0 Å². The van der Waals surface area contributed by atoms with Crippen molar-refractivity contribution >= 4 is 17.8 Å². The molecule has 162 valence electrons. The molecule has 1 aliphatic heterocycles. The highest BCUT2D eigenvalue weighted by Crippen LogP contribution is 2.31. The Balaban J connectivity index is 1.72. The van der Waals surface area contributed by atoms with Gasteiger partial charge in [0.1, 0.15) is 17.4 Å². The second-order valence-electron chi connectivity index (χ2n) is 7.96. The number of hydrogen-bond donors (Lipinski definition) is 3. The lowest BCUT2D eigenvalue weighted by Gasteiger charge is -2.24. The lowest BCUT2D eigenvalue weighted by Crippen LogP contribution is -2.54. The first-order valence-electron chi connectivity index (χ1n) is 10.1. The Morgan fingerprint density at radius 2 is 1.87 bits per heavy atom. The van der Waals surface area contributed by atoms with E-state index in [1.807, 2.05) is 0 Å². The third kappa shape index (κ3) is 5.60. The Bertz CT molecular complexity index is 829. The van der Waals surface area contributed by atoms with Crippen molar-refractivity contribution in [1.29, 1.82) is 0 Å². The Morgan fingerprint density at radius 1 is 1.17 bits per heavy atom. The highest BCUT2D eigenvalue weighted by atomic mass is 16.6. The molecule has 8 heteroatoms. The normalized spacial score (nSPS) is 21.9. The molecule has 30 heavy (non-hydrogen) atoms. The summed E-state index contributed by atoms with van der Waals surface area (Å²) >= 11 is 0. The maximum atomic E-state index is 13.0. The number of carbonyl (C=O) groups is 3. The molecule has 1 saturated heterocycles. The Labute approximate surface area is 175 Å². The predicted octanol–water partition coefficient (Wildman–Crippen LogP) is 2.22. The van der Waals surface area contributed by atoms with E-state index in [0.29, 0.717) is 18.8 Å². The Morgan fingerprint density at radius 3 is 2.40 bits per heavy atom. The number of Topliss-reactive ketones (excluding diaryl/α,β-unsaturated/α-hetero) is 1. The van der Waals surface area contributed by atoms with Crippen molar-refractivity contribution in [3.8, 4) is 5.75 Å². The second kappa shape index (κ2) is 9.30. The monoisotopic (exact) mass is 416 g/mol. The van der Waals surface area contributed by atoms with Gasteiger partial charge >= 0.3 is 6.09 Å². The third-order valence-electron chi connectivity index (χ3n) is 5.55. The fourth-order valence-corrected chi connectivity index (χ4v) is 3.64. The molecule has 0 saturated carbocycles. The number of ether oxygens (including phenoxy) is 2. The number of carbonyl (C=O) groups excluding carboxylic acids is 2. The zero-order chi connectivity index (χ0) is 21.7. The van der Waals surface area contributed by atoms with Crippen LogP contribution >= 0.6 is 0 Å². The molecule has 1 aliphatic carbocycles. The molecular formula is C22H28N2O6. The van der Waals surface area contributed by atoms with Gasteiger partial charge in [0.05, 0.1) is 19.8 Å². The van der Waals surface area contributed by atoms with Crippen LogP contribution in [0.3, 0.4) is 0 Å². The van der Waals surface area contributed by atoms with Crippen LogP contribution in [0.25, 0.3) is 0 Å². The number of epoxide rings is 1. The molecule has 1 aromatic carbocycles. The van der Waals surface area contributed by atoms with E-state index in [2.05, 4.69) is 16.7 Å². The number of amides is 2. The summed E-state index contributed by atoms with van der Waals surface area (Å²) in [5, 5.41) is 14.2. The molecule has 0 radical (unpaired) electrons. The maximum Gasteiger partial charge on any atom is 0.405 e. The van der Waals surface area contributed by atoms with Crippen LogP contribution in [0.15, 0.2) is 35.9 Å². The first-order chi connectivity index (χ1) is 14.3. The van der Waals surface area contributed by atoms with Crippen molar-refractivity contribution in [2.75, 3.05) is 13.7 Å². The topological polar surface area (TPSA) is 117 Å². The Kier molecular flexibility index (Phi) is 6.77. The van der Waals surface area contributed by atoms with Crippen LogP contribution in [0.5, 0.6) is 5.75 Å². The Hall–Kier alpha value is -2.87. The van der Waals surface area contributed by atoms with E-state index in [9.17, 15) is 19.5 Å². The molecule has 3 rings (SSSR count). The molecule has 2 aliphatic rings. The summed E-state index contributed by atoms with van der Waals surface area (Å²) in [5.74, 6) is -0.0456. The zero-order valence-corrected chi connectivity index (χ0v) is 17.3. The minimum Gasteiger partial charge on any atom is -0.497 e. The summed E-state index contributed by atoms with van der Waals surface area (Å²) in [6.07, 6.45) is 4.29. The summed E-state index contributed by atoms with van der Waals surface area (Å²) in [6, 6.07) is 5.26. The predicted molar refractivity (Wildman–Crippen MR) is 109 cm³/mol. The molecule has 1 heterocycles. The first-order valence-corrected chi connectivity index (χ1v) is 10.1. The van der Waals surface area contributed by atoms with Crippen LogP contribution < -0.4 is 15.4 Å².